The van der Waals surface area contributed by atoms with Gasteiger partial charge in [-0.3, -0.25) is 0 Å². The average molecular weight is 311 g/mol. The van der Waals surface area contributed by atoms with Crippen LogP contribution in [0.15, 0.2) is 23.6 Å². The summed E-state index contributed by atoms with van der Waals surface area (Å²) in [4.78, 5) is 15.8. The van der Waals surface area contributed by atoms with E-state index < -0.39 is 17.7 Å². The Morgan fingerprint density at radius 2 is 2.00 bits per heavy atom. The minimum absolute atomic E-state index is 0.0204. The van der Waals surface area contributed by atoms with Gasteiger partial charge in [-0.25, -0.2) is 18.6 Å². The van der Waals surface area contributed by atoms with Crippen LogP contribution < -0.4 is 10.6 Å². The van der Waals surface area contributed by atoms with Crippen molar-refractivity contribution in [2.45, 2.75) is 19.9 Å². The summed E-state index contributed by atoms with van der Waals surface area (Å²) in [7, 11) is 0. The van der Waals surface area contributed by atoms with Crippen LogP contribution in [0.1, 0.15) is 16.3 Å². The number of aromatic nitrogens is 1. The van der Waals surface area contributed by atoms with Gasteiger partial charge >= 0.3 is 6.03 Å². The van der Waals surface area contributed by atoms with Crippen molar-refractivity contribution in [2.75, 3.05) is 6.54 Å². The van der Waals surface area contributed by atoms with Crippen LogP contribution in [0.4, 0.5) is 13.6 Å². The quantitative estimate of drug-likeness (QED) is 0.892. The van der Waals surface area contributed by atoms with E-state index in [1.165, 1.54) is 29.5 Å². The smallest absolute Gasteiger partial charge is 0.315 e. The molecule has 4 nitrogen and oxygen atoms in total. The van der Waals surface area contributed by atoms with E-state index in [0.29, 0.717) is 6.54 Å². The molecule has 0 saturated carbocycles. The van der Waals surface area contributed by atoms with Crippen molar-refractivity contribution in [1.29, 1.82) is 0 Å². The molecule has 0 aliphatic carbocycles. The molecular weight excluding hydrogens is 296 g/mol. The lowest BCUT2D eigenvalue weighted by molar-refractivity contribution is 0.240. The van der Waals surface area contributed by atoms with Crippen LogP contribution in [-0.4, -0.2) is 17.6 Å². The van der Waals surface area contributed by atoms with Crippen LogP contribution in [0.3, 0.4) is 0 Å². The monoisotopic (exact) mass is 311 g/mol. The Balaban J connectivity index is 1.74. The molecule has 0 aliphatic rings. The molecule has 2 aromatic rings. The van der Waals surface area contributed by atoms with Gasteiger partial charge in [-0.15, -0.1) is 11.3 Å². The molecule has 0 bridgehead atoms. The number of hydrogen-bond acceptors (Lipinski definition) is 3. The van der Waals surface area contributed by atoms with Crippen LogP contribution in [0.25, 0.3) is 0 Å². The first-order valence-corrected chi connectivity index (χ1v) is 7.30. The van der Waals surface area contributed by atoms with Crippen molar-refractivity contribution in [1.82, 2.24) is 15.6 Å². The molecule has 0 aliphatic heterocycles. The van der Waals surface area contributed by atoms with E-state index in [1.54, 1.807) is 0 Å². The number of halogens is 2. The van der Waals surface area contributed by atoms with Crippen LogP contribution >= 0.6 is 11.3 Å². The van der Waals surface area contributed by atoms with Crippen LogP contribution in [-0.2, 0) is 13.0 Å². The molecule has 1 heterocycles. The number of nitrogens with one attached hydrogen (secondary N) is 2. The van der Waals surface area contributed by atoms with Gasteiger partial charge in [0, 0.05) is 17.5 Å². The SMILES string of the molecule is Cc1nc(CNC(=O)NCCc2c(F)cccc2F)cs1. The first kappa shape index (κ1) is 15.4. The van der Waals surface area contributed by atoms with Gasteiger partial charge in [0.15, 0.2) is 0 Å². The van der Waals surface area contributed by atoms with Gasteiger partial charge in [-0.1, -0.05) is 6.07 Å². The Morgan fingerprint density at radius 3 is 2.62 bits per heavy atom. The number of urea groups is 1. The first-order valence-electron chi connectivity index (χ1n) is 6.42. The highest BCUT2D eigenvalue weighted by atomic mass is 32.1. The lowest BCUT2D eigenvalue weighted by Crippen LogP contribution is -2.36. The summed E-state index contributed by atoms with van der Waals surface area (Å²) in [6.45, 7) is 2.36. The Labute approximate surface area is 125 Å². The van der Waals surface area contributed by atoms with Gasteiger partial charge in [0.2, 0.25) is 0 Å². The maximum atomic E-state index is 13.4. The minimum atomic E-state index is -0.602. The van der Waals surface area contributed by atoms with E-state index in [1.807, 2.05) is 12.3 Å². The molecule has 0 unspecified atom stereocenters. The number of aryl methyl sites for hydroxylation is 1. The summed E-state index contributed by atoms with van der Waals surface area (Å²) >= 11 is 1.51. The lowest BCUT2D eigenvalue weighted by Gasteiger charge is -2.08. The van der Waals surface area contributed by atoms with Crippen LogP contribution in [0, 0.1) is 18.6 Å². The molecule has 0 radical (unpaired) electrons. The second kappa shape index (κ2) is 7.12. The molecular formula is C14H15F2N3OS. The van der Waals surface area contributed by atoms with Crippen molar-refractivity contribution in [3.63, 3.8) is 0 Å². The highest BCUT2D eigenvalue weighted by Crippen LogP contribution is 2.12. The molecule has 0 fully saturated rings. The molecule has 1 aromatic heterocycles. The Kier molecular flexibility index (Phi) is 5.21. The number of hydrogen-bond donors (Lipinski definition) is 2. The zero-order chi connectivity index (χ0) is 15.2. The predicted octanol–water partition coefficient (Wildman–Crippen LogP) is 2.77. The number of rotatable bonds is 5. The third kappa shape index (κ3) is 4.49. The third-order valence-electron chi connectivity index (χ3n) is 2.82. The summed E-state index contributed by atoms with van der Waals surface area (Å²) in [5.74, 6) is -1.20. The molecule has 7 heteroatoms. The normalized spacial score (nSPS) is 10.4. The van der Waals surface area contributed by atoms with Gasteiger partial charge in [0.1, 0.15) is 11.6 Å². The van der Waals surface area contributed by atoms with E-state index >= 15 is 0 Å². The molecule has 21 heavy (non-hydrogen) atoms. The molecule has 112 valence electrons. The molecule has 2 rings (SSSR count). The molecule has 2 amide bonds. The average Bonchev–Trinajstić information content (AvgIpc) is 2.85. The van der Waals surface area contributed by atoms with Crippen molar-refractivity contribution < 1.29 is 13.6 Å². The molecule has 0 spiro atoms. The van der Waals surface area contributed by atoms with Crippen molar-refractivity contribution in [2.24, 2.45) is 0 Å². The fourth-order valence-corrected chi connectivity index (χ4v) is 2.41. The van der Waals surface area contributed by atoms with Gasteiger partial charge in [-0.2, -0.15) is 0 Å². The van der Waals surface area contributed by atoms with Gasteiger partial charge in [0.25, 0.3) is 0 Å². The molecule has 0 saturated heterocycles. The second-order valence-corrected chi connectivity index (χ2v) is 5.48. The topological polar surface area (TPSA) is 54.0 Å². The Morgan fingerprint density at radius 1 is 1.29 bits per heavy atom. The Hall–Kier alpha value is -2.02. The lowest BCUT2D eigenvalue weighted by atomic mass is 10.1. The predicted molar refractivity (Wildman–Crippen MR) is 77.2 cm³/mol. The summed E-state index contributed by atoms with van der Waals surface area (Å²) in [6.07, 6.45) is 0.0989. The number of nitrogens with zero attached hydrogens (tertiary/aromatic N) is 1. The molecule has 1 aromatic carbocycles. The summed E-state index contributed by atoms with van der Waals surface area (Å²) in [6, 6.07) is 3.31. The van der Waals surface area contributed by atoms with E-state index in [9.17, 15) is 13.6 Å². The van der Waals surface area contributed by atoms with E-state index in [2.05, 4.69) is 15.6 Å². The van der Waals surface area contributed by atoms with Gasteiger partial charge < -0.3 is 10.6 Å². The second-order valence-electron chi connectivity index (χ2n) is 4.42. The van der Waals surface area contributed by atoms with Crippen molar-refractivity contribution >= 4 is 17.4 Å². The number of amides is 2. The van der Waals surface area contributed by atoms with Gasteiger partial charge in [0.05, 0.1) is 17.2 Å². The summed E-state index contributed by atoms with van der Waals surface area (Å²) < 4.78 is 26.7. The third-order valence-corrected chi connectivity index (χ3v) is 3.64. The zero-order valence-electron chi connectivity index (χ0n) is 11.5. The summed E-state index contributed by atoms with van der Waals surface area (Å²) in [5, 5.41) is 7.99. The number of benzene rings is 1. The first-order chi connectivity index (χ1) is 10.1. The minimum Gasteiger partial charge on any atom is -0.338 e. The number of thiazole rings is 1. The maximum Gasteiger partial charge on any atom is 0.315 e. The van der Waals surface area contributed by atoms with Crippen LogP contribution in [0.5, 0.6) is 0 Å². The van der Waals surface area contributed by atoms with Crippen molar-refractivity contribution in [3.05, 3.63) is 51.5 Å². The molecule has 0 atom stereocenters. The van der Waals surface area contributed by atoms with E-state index in [-0.39, 0.29) is 18.5 Å². The van der Waals surface area contributed by atoms with Crippen LogP contribution in [0.2, 0.25) is 0 Å². The largest absolute Gasteiger partial charge is 0.338 e. The molecule has 2 N–H and O–H groups in total. The highest BCUT2D eigenvalue weighted by molar-refractivity contribution is 7.09. The van der Waals surface area contributed by atoms with Crippen molar-refractivity contribution in [3.8, 4) is 0 Å². The fraction of sp³-hybridized carbons (Fsp3) is 0.286. The standard InChI is InChI=1S/C14H15F2N3OS/c1-9-19-10(8-21-9)7-18-14(20)17-6-5-11-12(15)3-2-4-13(11)16/h2-4,8H,5-7H2,1H3,(H2,17,18,20). The maximum absolute atomic E-state index is 13.4. The number of carbonyl (C=O) groups is 1. The summed E-state index contributed by atoms with van der Waals surface area (Å²) in [5.41, 5.74) is 0.765. The Bertz CT molecular complexity index is 610. The zero-order valence-corrected chi connectivity index (χ0v) is 12.3. The highest BCUT2D eigenvalue weighted by Gasteiger charge is 2.08. The van der Waals surface area contributed by atoms with Gasteiger partial charge in [-0.05, 0) is 25.5 Å². The van der Waals surface area contributed by atoms with E-state index in [0.717, 1.165) is 10.7 Å². The van der Waals surface area contributed by atoms with E-state index in [4.69, 9.17) is 0 Å². The number of carbonyl (C=O) groups excluding carboxylic acids is 1. The fourth-order valence-electron chi connectivity index (χ4n) is 1.79.